The SMILES string of the molecule is CC(C)(C)c1ccc(N2c3ccccc3B3c4c(cccc42)-c2ccccc2N3c2ccc3ccccc3c2[Si](C)(C)C)cc1. The minimum absolute atomic E-state index is 0.0451. The average Bonchev–Trinajstić information content (AvgIpc) is 3.03. The van der Waals surface area contributed by atoms with Crippen molar-refractivity contribution in [1.82, 2.24) is 0 Å². The largest absolute Gasteiger partial charge is 0.376 e. The van der Waals surface area contributed by atoms with Crippen LogP contribution in [0.5, 0.6) is 0 Å². The standard InChI is InChI=1S/C41H39BN2Si/c1-41(2,3)29-23-25-30(26-24-29)43-36-20-12-10-18-34(36)42-39-33(17-13-21-37(39)43)32-16-9-11-19-35(32)44(42)38-27-22-28-14-7-8-15-31(28)40(38)45(4,5)6/h7-27H,1-6H3. The zero-order valence-corrected chi connectivity index (χ0v) is 28.1. The zero-order chi connectivity index (χ0) is 31.1. The minimum Gasteiger partial charge on any atom is -0.376 e. The van der Waals surface area contributed by atoms with Crippen molar-refractivity contribution in [2.75, 3.05) is 9.71 Å². The summed E-state index contributed by atoms with van der Waals surface area (Å²) in [6.07, 6.45) is 0. The predicted octanol–water partition coefficient (Wildman–Crippen LogP) is 9.39. The number of nitrogens with zero attached hydrogens (tertiary/aromatic N) is 2. The first-order valence-electron chi connectivity index (χ1n) is 16.2. The summed E-state index contributed by atoms with van der Waals surface area (Å²) in [7, 11) is -1.81. The Hall–Kier alpha value is -4.54. The minimum atomic E-state index is -1.81. The highest BCUT2D eigenvalue weighted by molar-refractivity contribution is 6.96. The second-order valence-electron chi connectivity index (χ2n) is 14.6. The predicted molar refractivity (Wildman–Crippen MR) is 199 cm³/mol. The highest BCUT2D eigenvalue weighted by atomic mass is 28.3. The molecule has 2 heterocycles. The summed E-state index contributed by atoms with van der Waals surface area (Å²) >= 11 is 0. The fraction of sp³-hybridized carbons (Fsp3) is 0.171. The van der Waals surface area contributed by atoms with Gasteiger partial charge in [0.15, 0.2) is 0 Å². The third kappa shape index (κ3) is 4.30. The van der Waals surface area contributed by atoms with Crippen LogP contribution in [0.1, 0.15) is 26.3 Å². The molecule has 0 spiro atoms. The molecule has 0 atom stereocenters. The van der Waals surface area contributed by atoms with Crippen LogP contribution in [-0.2, 0) is 5.41 Å². The zero-order valence-electron chi connectivity index (χ0n) is 27.1. The highest BCUT2D eigenvalue weighted by Crippen LogP contribution is 2.46. The van der Waals surface area contributed by atoms with Crippen molar-refractivity contribution in [3.63, 3.8) is 0 Å². The van der Waals surface area contributed by atoms with Crippen LogP contribution in [0.4, 0.5) is 28.4 Å². The van der Waals surface area contributed by atoms with Crippen LogP contribution in [0.2, 0.25) is 19.6 Å². The lowest BCUT2D eigenvalue weighted by Gasteiger charge is -2.46. The van der Waals surface area contributed by atoms with E-state index in [4.69, 9.17) is 0 Å². The van der Waals surface area contributed by atoms with Crippen molar-refractivity contribution < 1.29 is 0 Å². The summed E-state index contributed by atoms with van der Waals surface area (Å²) in [5.41, 5.74) is 13.1. The molecule has 2 aliphatic rings. The van der Waals surface area contributed by atoms with Crippen LogP contribution in [0.3, 0.4) is 0 Å². The molecule has 0 aromatic heterocycles. The van der Waals surface area contributed by atoms with E-state index < -0.39 is 8.07 Å². The third-order valence-corrected chi connectivity index (χ3v) is 11.7. The van der Waals surface area contributed by atoms with Crippen molar-refractivity contribution in [2.45, 2.75) is 45.8 Å². The van der Waals surface area contributed by atoms with Crippen LogP contribution in [-0.4, -0.2) is 14.9 Å². The van der Waals surface area contributed by atoms with Gasteiger partial charge in [-0.3, -0.25) is 0 Å². The molecule has 0 bridgehead atoms. The smallest absolute Gasteiger partial charge is 0.333 e. The number of fused-ring (bicyclic) bond motifs is 5. The second kappa shape index (κ2) is 9.98. The van der Waals surface area contributed by atoms with Gasteiger partial charge in [-0.25, -0.2) is 0 Å². The van der Waals surface area contributed by atoms with E-state index in [9.17, 15) is 0 Å². The molecule has 220 valence electrons. The number of anilines is 5. The maximum atomic E-state index is 2.68. The van der Waals surface area contributed by atoms with E-state index in [1.165, 1.54) is 72.0 Å². The second-order valence-corrected chi connectivity index (χ2v) is 19.6. The van der Waals surface area contributed by atoms with Gasteiger partial charge in [0.25, 0.3) is 0 Å². The maximum absolute atomic E-state index is 2.68. The van der Waals surface area contributed by atoms with Gasteiger partial charge < -0.3 is 9.71 Å². The lowest BCUT2D eigenvalue weighted by molar-refractivity contribution is 0.590. The van der Waals surface area contributed by atoms with Gasteiger partial charge in [0.2, 0.25) is 0 Å². The van der Waals surface area contributed by atoms with Crippen molar-refractivity contribution >= 4 is 70.2 Å². The van der Waals surface area contributed by atoms with E-state index in [0.29, 0.717) is 0 Å². The topological polar surface area (TPSA) is 6.48 Å². The summed E-state index contributed by atoms with van der Waals surface area (Å²) in [6, 6.07) is 47.9. The normalized spacial score (nSPS) is 13.9. The van der Waals surface area contributed by atoms with E-state index in [1.807, 2.05) is 0 Å². The molecule has 6 aromatic rings. The summed E-state index contributed by atoms with van der Waals surface area (Å²) in [5.74, 6) is 0. The summed E-state index contributed by atoms with van der Waals surface area (Å²) in [4.78, 5) is 5.17. The van der Waals surface area contributed by atoms with E-state index in [2.05, 4.69) is 178 Å². The maximum Gasteiger partial charge on any atom is 0.333 e. The monoisotopic (exact) mass is 598 g/mol. The van der Waals surface area contributed by atoms with Crippen LogP contribution in [0, 0.1) is 0 Å². The first-order chi connectivity index (χ1) is 21.6. The Bertz CT molecular complexity index is 2100. The Morgan fingerprint density at radius 1 is 0.556 bits per heavy atom. The molecule has 0 aliphatic carbocycles. The Kier molecular flexibility index (Phi) is 6.21. The fourth-order valence-electron chi connectivity index (χ4n) is 7.70. The van der Waals surface area contributed by atoms with Crippen molar-refractivity contribution in [3.05, 3.63) is 133 Å². The molecule has 0 saturated carbocycles. The van der Waals surface area contributed by atoms with Gasteiger partial charge in [0.1, 0.15) is 0 Å². The molecule has 6 aromatic carbocycles. The molecule has 4 heteroatoms. The van der Waals surface area contributed by atoms with Crippen LogP contribution >= 0.6 is 0 Å². The molecule has 2 nitrogen and oxygen atoms in total. The first-order valence-corrected chi connectivity index (χ1v) is 19.7. The van der Waals surface area contributed by atoms with Crippen molar-refractivity contribution in [2.24, 2.45) is 0 Å². The molecule has 0 unspecified atom stereocenters. The van der Waals surface area contributed by atoms with Gasteiger partial charge in [-0.05, 0) is 79.8 Å². The van der Waals surface area contributed by atoms with Crippen molar-refractivity contribution in [3.8, 4) is 11.1 Å². The molecular weight excluding hydrogens is 559 g/mol. The summed E-state index contributed by atoms with van der Waals surface area (Å²) < 4.78 is 0. The molecule has 2 aliphatic heterocycles. The molecule has 8 rings (SSSR count). The van der Waals surface area contributed by atoms with Gasteiger partial charge in [0.05, 0.1) is 8.07 Å². The van der Waals surface area contributed by atoms with Gasteiger partial charge in [0, 0.05) is 34.0 Å². The molecule has 0 N–H and O–H groups in total. The molecule has 0 fully saturated rings. The van der Waals surface area contributed by atoms with Crippen LogP contribution in [0.15, 0.2) is 127 Å². The Labute approximate surface area is 269 Å². The van der Waals surface area contributed by atoms with E-state index in [0.717, 1.165) is 0 Å². The van der Waals surface area contributed by atoms with Gasteiger partial charge >= 0.3 is 6.85 Å². The quantitative estimate of drug-likeness (QED) is 0.187. The number of para-hydroxylation sites is 2. The van der Waals surface area contributed by atoms with E-state index >= 15 is 0 Å². The first kappa shape index (κ1) is 28.0. The highest BCUT2D eigenvalue weighted by Gasteiger charge is 2.45. The Balaban J connectivity index is 1.44. The number of benzene rings is 6. The number of rotatable bonds is 3. The fourth-order valence-corrected chi connectivity index (χ4v) is 9.71. The lowest BCUT2D eigenvalue weighted by Crippen LogP contribution is -2.62. The van der Waals surface area contributed by atoms with E-state index in [1.54, 1.807) is 0 Å². The summed E-state index contributed by atoms with van der Waals surface area (Å²) in [6.45, 7) is 14.4. The Morgan fingerprint density at radius 2 is 1.20 bits per heavy atom. The van der Waals surface area contributed by atoms with E-state index in [-0.39, 0.29) is 12.3 Å². The number of hydrogen-bond acceptors (Lipinski definition) is 2. The van der Waals surface area contributed by atoms with Crippen molar-refractivity contribution in [1.29, 1.82) is 0 Å². The van der Waals surface area contributed by atoms with Crippen LogP contribution < -0.4 is 25.8 Å². The van der Waals surface area contributed by atoms with Gasteiger partial charge in [-0.15, -0.1) is 0 Å². The third-order valence-electron chi connectivity index (χ3n) is 9.69. The summed E-state index contributed by atoms with van der Waals surface area (Å²) in [5, 5.41) is 4.23. The lowest BCUT2D eigenvalue weighted by atomic mass is 9.43. The Morgan fingerprint density at radius 3 is 1.96 bits per heavy atom. The molecule has 0 radical (unpaired) electrons. The average molecular weight is 599 g/mol. The molecule has 0 saturated heterocycles. The number of hydrogen-bond donors (Lipinski definition) is 0. The molecule has 45 heavy (non-hydrogen) atoms. The van der Waals surface area contributed by atoms with Gasteiger partial charge in [-0.1, -0.05) is 131 Å². The van der Waals surface area contributed by atoms with Gasteiger partial charge in [-0.2, -0.15) is 0 Å². The molecule has 0 amide bonds. The molecular formula is C41H39BN2Si. The van der Waals surface area contributed by atoms with Crippen LogP contribution in [0.25, 0.3) is 21.9 Å².